The third-order valence-corrected chi connectivity index (χ3v) is 3.96. The summed E-state index contributed by atoms with van der Waals surface area (Å²) in [5.74, 6) is 0.982. The van der Waals surface area contributed by atoms with Crippen LogP contribution in [0.15, 0.2) is 12.4 Å². The minimum absolute atomic E-state index is 0.427. The number of hydrogen-bond donors (Lipinski definition) is 1. The van der Waals surface area contributed by atoms with Crippen LogP contribution < -0.4 is 5.32 Å². The fourth-order valence-electron chi connectivity index (χ4n) is 2.91. The molecule has 1 atom stereocenters. The lowest BCUT2D eigenvalue weighted by atomic mass is 10.1. The molecule has 1 aliphatic heterocycles. The summed E-state index contributed by atoms with van der Waals surface area (Å²) in [5, 5.41) is 3.55. The maximum absolute atomic E-state index is 5.39. The molecule has 1 N–H and O–H groups in total. The zero-order valence-electron chi connectivity index (χ0n) is 13.6. The van der Waals surface area contributed by atoms with Gasteiger partial charge < -0.3 is 19.5 Å². The molecule has 5 heteroatoms. The van der Waals surface area contributed by atoms with E-state index in [9.17, 15) is 0 Å². The van der Waals surface area contributed by atoms with Crippen LogP contribution in [0.1, 0.15) is 39.5 Å². The molecule has 1 aromatic rings. The summed E-state index contributed by atoms with van der Waals surface area (Å²) in [5.41, 5.74) is 0. The molecule has 0 aliphatic carbocycles. The number of piperidine rings is 1. The number of nitrogens with zero attached hydrogens (tertiary/aromatic N) is 3. The number of anilines is 1. The molecule has 1 saturated heterocycles. The average molecular weight is 294 g/mol. The molecule has 0 spiro atoms. The van der Waals surface area contributed by atoms with Gasteiger partial charge in [-0.2, -0.15) is 0 Å². The van der Waals surface area contributed by atoms with Gasteiger partial charge in [-0.25, -0.2) is 4.98 Å². The average Bonchev–Trinajstić information content (AvgIpc) is 2.92. The number of rotatable bonds is 9. The lowest BCUT2D eigenvalue weighted by Crippen LogP contribution is -2.38. The first kappa shape index (κ1) is 16.3. The van der Waals surface area contributed by atoms with Gasteiger partial charge in [-0.05, 0) is 46.2 Å². The Kier molecular flexibility index (Phi) is 7.03. The van der Waals surface area contributed by atoms with Crippen LogP contribution in [0.25, 0.3) is 0 Å². The fraction of sp³-hybridized carbons (Fsp3) is 0.812. The lowest BCUT2D eigenvalue weighted by Gasteiger charge is -2.29. The minimum atomic E-state index is 0.427. The van der Waals surface area contributed by atoms with Crippen molar-refractivity contribution < 1.29 is 4.74 Å². The monoisotopic (exact) mass is 294 g/mol. The molecule has 0 radical (unpaired) electrons. The third kappa shape index (κ3) is 5.67. The maximum atomic E-state index is 5.39. The van der Waals surface area contributed by atoms with Gasteiger partial charge in [0.2, 0.25) is 5.95 Å². The van der Waals surface area contributed by atoms with Crippen molar-refractivity contribution in [2.24, 2.45) is 0 Å². The predicted molar refractivity (Wildman–Crippen MR) is 86.7 cm³/mol. The van der Waals surface area contributed by atoms with E-state index in [1.807, 2.05) is 19.3 Å². The second kappa shape index (κ2) is 9.05. The summed E-state index contributed by atoms with van der Waals surface area (Å²) in [7, 11) is 0. The van der Waals surface area contributed by atoms with E-state index < -0.39 is 0 Å². The first-order valence-electron chi connectivity index (χ1n) is 8.37. The van der Waals surface area contributed by atoms with E-state index in [2.05, 4.69) is 26.7 Å². The highest BCUT2D eigenvalue weighted by Crippen LogP contribution is 2.11. The highest BCUT2D eigenvalue weighted by atomic mass is 16.5. The molecule has 21 heavy (non-hydrogen) atoms. The zero-order chi connectivity index (χ0) is 14.9. The second-order valence-electron chi connectivity index (χ2n) is 5.90. The van der Waals surface area contributed by atoms with Gasteiger partial charge in [0.05, 0.1) is 0 Å². The summed E-state index contributed by atoms with van der Waals surface area (Å²) in [6, 6.07) is 0.427. The van der Waals surface area contributed by atoms with E-state index in [0.29, 0.717) is 6.04 Å². The van der Waals surface area contributed by atoms with Crippen molar-refractivity contribution in [3.05, 3.63) is 12.4 Å². The van der Waals surface area contributed by atoms with Gasteiger partial charge in [0.1, 0.15) is 0 Å². The van der Waals surface area contributed by atoms with Crippen molar-refractivity contribution in [1.82, 2.24) is 14.5 Å². The van der Waals surface area contributed by atoms with Crippen molar-refractivity contribution in [1.29, 1.82) is 0 Å². The van der Waals surface area contributed by atoms with Gasteiger partial charge >= 0.3 is 0 Å². The zero-order valence-corrected chi connectivity index (χ0v) is 13.6. The fourth-order valence-corrected chi connectivity index (χ4v) is 2.91. The summed E-state index contributed by atoms with van der Waals surface area (Å²) < 4.78 is 7.58. The molecule has 2 heterocycles. The summed E-state index contributed by atoms with van der Waals surface area (Å²) >= 11 is 0. The molecule has 0 bridgehead atoms. The maximum Gasteiger partial charge on any atom is 0.203 e. The number of aromatic nitrogens is 2. The Labute approximate surface area is 128 Å². The van der Waals surface area contributed by atoms with Crippen LogP contribution in [0.3, 0.4) is 0 Å². The Hall–Kier alpha value is -1.07. The van der Waals surface area contributed by atoms with Gasteiger partial charge in [-0.3, -0.25) is 0 Å². The standard InChI is InChI=1S/C16H30N4O/c1-3-21-13-7-11-20-12-8-17-16(20)18-15(2)14-19-9-5-4-6-10-19/h8,12,15H,3-7,9-11,13-14H2,1-2H3,(H,17,18). The van der Waals surface area contributed by atoms with Crippen LogP contribution in [0.2, 0.25) is 0 Å². The summed E-state index contributed by atoms with van der Waals surface area (Å²) in [4.78, 5) is 7.00. The molecule has 1 fully saturated rings. The normalized spacial score (nSPS) is 17.8. The molecule has 5 nitrogen and oxygen atoms in total. The topological polar surface area (TPSA) is 42.3 Å². The van der Waals surface area contributed by atoms with Crippen molar-refractivity contribution >= 4 is 5.95 Å². The van der Waals surface area contributed by atoms with E-state index in [4.69, 9.17) is 4.74 Å². The largest absolute Gasteiger partial charge is 0.382 e. The predicted octanol–water partition coefficient (Wildman–Crippen LogP) is 2.60. The van der Waals surface area contributed by atoms with Gasteiger partial charge in [0.15, 0.2) is 0 Å². The molecule has 120 valence electrons. The molecule has 1 aromatic heterocycles. The molecule has 0 aromatic carbocycles. The SMILES string of the molecule is CCOCCCn1ccnc1NC(C)CN1CCCCC1. The summed E-state index contributed by atoms with van der Waals surface area (Å²) in [6.07, 6.45) is 9.03. The van der Waals surface area contributed by atoms with Crippen LogP contribution in [0, 0.1) is 0 Å². The quantitative estimate of drug-likeness (QED) is 0.711. The Morgan fingerprint density at radius 2 is 2.14 bits per heavy atom. The molecule has 1 aliphatic rings. The number of imidazole rings is 1. The minimum Gasteiger partial charge on any atom is -0.382 e. The molecular formula is C16H30N4O. The van der Waals surface area contributed by atoms with Gasteiger partial charge in [0, 0.05) is 44.7 Å². The van der Waals surface area contributed by atoms with Crippen LogP contribution in [-0.2, 0) is 11.3 Å². The van der Waals surface area contributed by atoms with Gasteiger partial charge in [-0.15, -0.1) is 0 Å². The Morgan fingerprint density at radius 1 is 1.33 bits per heavy atom. The Bertz CT molecular complexity index is 387. The number of hydrogen-bond acceptors (Lipinski definition) is 4. The number of aryl methyl sites for hydroxylation is 1. The lowest BCUT2D eigenvalue weighted by molar-refractivity contribution is 0.142. The van der Waals surface area contributed by atoms with E-state index in [0.717, 1.165) is 38.7 Å². The van der Waals surface area contributed by atoms with Gasteiger partial charge in [-0.1, -0.05) is 6.42 Å². The van der Waals surface area contributed by atoms with Crippen molar-refractivity contribution in [2.75, 3.05) is 38.2 Å². The molecular weight excluding hydrogens is 264 g/mol. The van der Waals surface area contributed by atoms with Crippen LogP contribution >= 0.6 is 0 Å². The van der Waals surface area contributed by atoms with E-state index >= 15 is 0 Å². The molecule has 2 rings (SSSR count). The van der Waals surface area contributed by atoms with E-state index in [1.165, 1.54) is 32.4 Å². The number of nitrogens with one attached hydrogen (secondary N) is 1. The van der Waals surface area contributed by atoms with Crippen LogP contribution in [0.5, 0.6) is 0 Å². The Morgan fingerprint density at radius 3 is 2.90 bits per heavy atom. The molecule has 1 unspecified atom stereocenters. The first-order chi connectivity index (χ1) is 10.3. The first-order valence-corrected chi connectivity index (χ1v) is 8.37. The van der Waals surface area contributed by atoms with Crippen LogP contribution in [-0.4, -0.2) is 53.3 Å². The number of likely N-dealkylation sites (tertiary alicyclic amines) is 1. The Balaban J connectivity index is 1.74. The second-order valence-corrected chi connectivity index (χ2v) is 5.90. The highest BCUT2D eigenvalue weighted by molar-refractivity contribution is 5.27. The van der Waals surface area contributed by atoms with Crippen molar-refractivity contribution in [2.45, 2.75) is 52.1 Å². The smallest absolute Gasteiger partial charge is 0.203 e. The van der Waals surface area contributed by atoms with E-state index in [1.54, 1.807) is 0 Å². The van der Waals surface area contributed by atoms with Crippen molar-refractivity contribution in [3.8, 4) is 0 Å². The molecule has 0 amide bonds. The van der Waals surface area contributed by atoms with Crippen LogP contribution in [0.4, 0.5) is 5.95 Å². The van der Waals surface area contributed by atoms with Crippen molar-refractivity contribution in [3.63, 3.8) is 0 Å². The highest BCUT2D eigenvalue weighted by Gasteiger charge is 2.14. The number of ether oxygens (including phenoxy) is 1. The molecule has 0 saturated carbocycles. The third-order valence-electron chi connectivity index (χ3n) is 3.96. The van der Waals surface area contributed by atoms with Gasteiger partial charge in [0.25, 0.3) is 0 Å². The summed E-state index contributed by atoms with van der Waals surface area (Å²) in [6.45, 7) is 10.4. The van der Waals surface area contributed by atoms with E-state index in [-0.39, 0.29) is 0 Å².